The number of nitrogens with one attached hydrogen (secondary N) is 1. The number of rotatable bonds is 5. The molecule has 188 valence electrons. The fraction of sp³-hybridized carbons (Fsp3) is 0.323. The molecular formula is C31H35ClN2O2. The highest BCUT2D eigenvalue weighted by Crippen LogP contribution is 2.31. The lowest BCUT2D eigenvalue weighted by atomic mass is 10.00. The van der Waals surface area contributed by atoms with Crippen LogP contribution in [0.5, 0.6) is 5.75 Å². The van der Waals surface area contributed by atoms with Gasteiger partial charge in [-0.3, -0.25) is 4.79 Å². The Morgan fingerprint density at radius 1 is 0.917 bits per heavy atom. The lowest BCUT2D eigenvalue weighted by Crippen LogP contribution is -3.00. The SMILES string of the molecule is Cc1ccc(-c2ccc3c(c2)C=C(C(=O)Nc2ccc(C[N+]4(C)CCCCC4)cc2)CCO3)cc1.[Cl-]. The first-order valence-corrected chi connectivity index (χ1v) is 12.8. The second kappa shape index (κ2) is 11.3. The van der Waals surface area contributed by atoms with E-state index in [4.69, 9.17) is 4.74 Å². The molecular weight excluding hydrogens is 468 g/mol. The Balaban J connectivity index is 0.00000304. The van der Waals surface area contributed by atoms with Gasteiger partial charge in [-0.05, 0) is 67.7 Å². The lowest BCUT2D eigenvalue weighted by molar-refractivity contribution is -0.926. The summed E-state index contributed by atoms with van der Waals surface area (Å²) in [5.74, 6) is 0.757. The molecule has 1 amide bonds. The summed E-state index contributed by atoms with van der Waals surface area (Å²) in [6, 6.07) is 23.0. The minimum atomic E-state index is -0.0648. The molecule has 2 aliphatic heterocycles. The maximum Gasteiger partial charge on any atom is 0.251 e. The van der Waals surface area contributed by atoms with Crippen molar-refractivity contribution in [3.63, 3.8) is 0 Å². The summed E-state index contributed by atoms with van der Waals surface area (Å²) in [4.78, 5) is 13.1. The van der Waals surface area contributed by atoms with E-state index in [1.54, 1.807) is 0 Å². The van der Waals surface area contributed by atoms with Crippen molar-refractivity contribution < 1.29 is 26.4 Å². The van der Waals surface area contributed by atoms with Gasteiger partial charge in [0.05, 0.1) is 26.7 Å². The molecule has 1 saturated heterocycles. The molecule has 4 nitrogen and oxygen atoms in total. The number of amides is 1. The standard InChI is InChI=1S/C31H34N2O2.ClH/c1-23-6-10-25(11-7-23)26-12-15-30-28(20-26)21-27(16-19-35-30)31(34)32-29-13-8-24(9-14-29)22-33(2)17-4-3-5-18-33;/h6-15,20-21H,3-5,16-19,22H2,1-2H3;1H. The van der Waals surface area contributed by atoms with Crippen LogP contribution in [0, 0.1) is 6.92 Å². The predicted molar refractivity (Wildman–Crippen MR) is 143 cm³/mol. The van der Waals surface area contributed by atoms with Crippen LogP contribution >= 0.6 is 0 Å². The van der Waals surface area contributed by atoms with Crippen molar-refractivity contribution >= 4 is 17.7 Å². The van der Waals surface area contributed by atoms with Crippen molar-refractivity contribution in [2.45, 2.75) is 39.2 Å². The van der Waals surface area contributed by atoms with Gasteiger partial charge in [0.15, 0.2) is 0 Å². The molecule has 0 unspecified atom stereocenters. The molecule has 3 aromatic carbocycles. The van der Waals surface area contributed by atoms with Gasteiger partial charge >= 0.3 is 0 Å². The number of anilines is 1. The second-order valence-corrected chi connectivity index (χ2v) is 10.3. The molecule has 3 aromatic rings. The van der Waals surface area contributed by atoms with Crippen molar-refractivity contribution in [1.29, 1.82) is 0 Å². The second-order valence-electron chi connectivity index (χ2n) is 10.3. The lowest BCUT2D eigenvalue weighted by Gasteiger charge is -2.37. The molecule has 0 aliphatic carbocycles. The van der Waals surface area contributed by atoms with Crippen LogP contribution in [-0.2, 0) is 11.3 Å². The van der Waals surface area contributed by atoms with Crippen LogP contribution in [0.3, 0.4) is 0 Å². The summed E-state index contributed by atoms with van der Waals surface area (Å²) in [5.41, 5.74) is 7.35. The van der Waals surface area contributed by atoms with E-state index in [0.29, 0.717) is 13.0 Å². The summed E-state index contributed by atoms with van der Waals surface area (Å²) in [6.45, 7) is 6.14. The summed E-state index contributed by atoms with van der Waals surface area (Å²) in [6.07, 6.45) is 6.55. The van der Waals surface area contributed by atoms with E-state index in [2.05, 4.69) is 67.8 Å². The number of hydrogen-bond acceptors (Lipinski definition) is 2. The highest BCUT2D eigenvalue weighted by atomic mass is 35.5. The van der Waals surface area contributed by atoms with Crippen molar-refractivity contribution in [3.8, 4) is 16.9 Å². The number of carbonyl (C=O) groups is 1. The van der Waals surface area contributed by atoms with Crippen LogP contribution in [0.4, 0.5) is 5.69 Å². The monoisotopic (exact) mass is 502 g/mol. The molecule has 1 N–H and O–H groups in total. The van der Waals surface area contributed by atoms with E-state index in [1.165, 1.54) is 43.5 Å². The zero-order valence-electron chi connectivity index (χ0n) is 21.2. The molecule has 2 heterocycles. The van der Waals surface area contributed by atoms with Gasteiger partial charge in [-0.2, -0.15) is 0 Å². The predicted octanol–water partition coefficient (Wildman–Crippen LogP) is 3.60. The average Bonchev–Trinajstić information content (AvgIpc) is 3.08. The molecule has 36 heavy (non-hydrogen) atoms. The number of piperidine rings is 1. The normalized spacial score (nSPS) is 16.4. The third-order valence-electron chi connectivity index (χ3n) is 7.32. The van der Waals surface area contributed by atoms with Crippen molar-refractivity contribution in [2.75, 3.05) is 32.1 Å². The first kappa shape index (κ1) is 26.0. The number of carbonyl (C=O) groups excluding carboxylic acids is 1. The smallest absolute Gasteiger partial charge is 0.251 e. The molecule has 0 radical (unpaired) electrons. The van der Waals surface area contributed by atoms with Crippen LogP contribution in [0.2, 0.25) is 0 Å². The number of likely N-dealkylation sites (tertiary alicyclic amines) is 1. The summed E-state index contributed by atoms with van der Waals surface area (Å²) in [5, 5.41) is 3.10. The zero-order valence-corrected chi connectivity index (χ0v) is 22.0. The van der Waals surface area contributed by atoms with Gasteiger partial charge in [-0.15, -0.1) is 0 Å². The van der Waals surface area contributed by atoms with Gasteiger partial charge < -0.3 is 26.9 Å². The van der Waals surface area contributed by atoms with Gasteiger partial charge in [-0.25, -0.2) is 0 Å². The van der Waals surface area contributed by atoms with Gasteiger partial charge in [0.2, 0.25) is 0 Å². The van der Waals surface area contributed by atoms with Crippen molar-refractivity contribution in [1.82, 2.24) is 0 Å². The van der Waals surface area contributed by atoms with Crippen LogP contribution in [0.25, 0.3) is 17.2 Å². The van der Waals surface area contributed by atoms with Crippen LogP contribution in [0.15, 0.2) is 72.3 Å². The molecule has 0 saturated carbocycles. The topological polar surface area (TPSA) is 38.3 Å². The van der Waals surface area contributed by atoms with Gasteiger partial charge in [-0.1, -0.05) is 48.0 Å². The Bertz CT molecular complexity index is 1230. The first-order valence-electron chi connectivity index (χ1n) is 12.8. The van der Waals surface area contributed by atoms with E-state index in [9.17, 15) is 4.79 Å². The van der Waals surface area contributed by atoms with Gasteiger partial charge in [0.25, 0.3) is 5.91 Å². The largest absolute Gasteiger partial charge is 1.00 e. The summed E-state index contributed by atoms with van der Waals surface area (Å²) in [7, 11) is 2.36. The number of fused-ring (bicyclic) bond motifs is 1. The maximum atomic E-state index is 13.1. The number of halogens is 1. The van der Waals surface area contributed by atoms with Gasteiger partial charge in [0, 0.05) is 28.8 Å². The average molecular weight is 503 g/mol. The Hall–Kier alpha value is -3.08. The Morgan fingerprint density at radius 3 is 2.33 bits per heavy atom. The Labute approximate surface area is 221 Å². The summed E-state index contributed by atoms with van der Waals surface area (Å²) < 4.78 is 7.07. The summed E-state index contributed by atoms with van der Waals surface area (Å²) >= 11 is 0. The minimum Gasteiger partial charge on any atom is -1.00 e. The number of benzene rings is 3. The number of hydrogen-bond donors (Lipinski definition) is 1. The third kappa shape index (κ3) is 6.18. The van der Waals surface area contributed by atoms with Crippen LogP contribution < -0.4 is 22.5 Å². The molecule has 0 spiro atoms. The molecule has 5 heteroatoms. The zero-order chi connectivity index (χ0) is 24.3. The molecule has 0 aromatic heterocycles. The fourth-order valence-corrected chi connectivity index (χ4v) is 5.21. The number of ether oxygens (including phenoxy) is 1. The highest BCUT2D eigenvalue weighted by molar-refractivity contribution is 6.07. The van der Waals surface area contributed by atoms with E-state index in [-0.39, 0.29) is 18.3 Å². The van der Waals surface area contributed by atoms with Crippen molar-refractivity contribution in [2.24, 2.45) is 0 Å². The minimum absolute atomic E-state index is 0. The molecule has 0 atom stereocenters. The Morgan fingerprint density at radius 2 is 1.61 bits per heavy atom. The fourth-order valence-electron chi connectivity index (χ4n) is 5.21. The number of nitrogens with zero attached hydrogens (tertiary/aromatic N) is 1. The van der Waals surface area contributed by atoms with Crippen LogP contribution in [-0.4, -0.2) is 37.1 Å². The Kier molecular flexibility index (Phi) is 8.17. The maximum absolute atomic E-state index is 13.1. The molecule has 5 rings (SSSR count). The molecule has 0 bridgehead atoms. The van der Waals surface area contributed by atoms with Crippen LogP contribution in [0.1, 0.15) is 42.4 Å². The van der Waals surface area contributed by atoms with Crippen molar-refractivity contribution in [3.05, 3.63) is 89.0 Å². The van der Waals surface area contributed by atoms with E-state index in [1.807, 2.05) is 24.3 Å². The quantitative estimate of drug-likeness (QED) is 0.541. The highest BCUT2D eigenvalue weighted by Gasteiger charge is 2.25. The first-order chi connectivity index (χ1) is 17.0. The number of aryl methyl sites for hydroxylation is 1. The number of quaternary nitrogens is 1. The van der Waals surface area contributed by atoms with E-state index in [0.717, 1.165) is 44.7 Å². The van der Waals surface area contributed by atoms with E-state index >= 15 is 0 Å². The van der Waals surface area contributed by atoms with Gasteiger partial charge in [0.1, 0.15) is 12.3 Å². The molecule has 2 aliphatic rings. The van der Waals surface area contributed by atoms with E-state index < -0.39 is 0 Å². The third-order valence-corrected chi connectivity index (χ3v) is 7.32. The molecule has 1 fully saturated rings.